The lowest BCUT2D eigenvalue weighted by Crippen LogP contribution is -2.21. The molecule has 142 valence electrons. The molecule has 2 aromatic rings. The van der Waals surface area contributed by atoms with Crippen molar-refractivity contribution in [2.24, 2.45) is 5.73 Å². The van der Waals surface area contributed by atoms with Gasteiger partial charge in [-0.2, -0.15) is 0 Å². The number of anilines is 2. The Morgan fingerprint density at radius 3 is 2.37 bits per heavy atom. The van der Waals surface area contributed by atoms with Crippen LogP contribution in [0.25, 0.3) is 0 Å². The molecule has 0 unspecified atom stereocenters. The Hall–Kier alpha value is -3.00. The summed E-state index contributed by atoms with van der Waals surface area (Å²) in [6.07, 6.45) is 0. The summed E-state index contributed by atoms with van der Waals surface area (Å²) >= 11 is 1.22. The summed E-state index contributed by atoms with van der Waals surface area (Å²) in [5.41, 5.74) is 6.99. The molecule has 8 heteroatoms. The first-order valence-corrected chi connectivity index (χ1v) is 9.10. The van der Waals surface area contributed by atoms with Gasteiger partial charge in [-0.3, -0.25) is 9.59 Å². The fourth-order valence-corrected chi connectivity index (χ4v) is 2.89. The minimum absolute atomic E-state index is 0.102. The molecule has 0 bridgehead atoms. The second-order valence-corrected chi connectivity index (χ2v) is 6.83. The third-order valence-corrected chi connectivity index (χ3v) is 4.58. The minimum Gasteiger partial charge on any atom is -0.452 e. The molecule has 27 heavy (non-hydrogen) atoms. The maximum atomic E-state index is 12.1. The van der Waals surface area contributed by atoms with Crippen molar-refractivity contribution in [1.29, 1.82) is 0 Å². The topological polar surface area (TPSA) is 102 Å². The van der Waals surface area contributed by atoms with E-state index in [9.17, 15) is 14.4 Å². The van der Waals surface area contributed by atoms with E-state index in [0.717, 1.165) is 5.69 Å². The molecule has 3 N–H and O–H groups in total. The highest BCUT2D eigenvalue weighted by Crippen LogP contribution is 2.26. The van der Waals surface area contributed by atoms with Gasteiger partial charge in [0.2, 0.25) is 5.91 Å². The Morgan fingerprint density at radius 1 is 1.07 bits per heavy atom. The molecule has 2 amide bonds. The van der Waals surface area contributed by atoms with Crippen molar-refractivity contribution in [1.82, 2.24) is 0 Å². The smallest absolute Gasteiger partial charge is 0.338 e. The largest absolute Gasteiger partial charge is 0.452 e. The summed E-state index contributed by atoms with van der Waals surface area (Å²) in [7, 11) is 3.80. The molecular formula is C19H21N3O4S. The number of hydrogen-bond acceptors (Lipinski definition) is 6. The molecule has 0 fully saturated rings. The van der Waals surface area contributed by atoms with E-state index in [1.165, 1.54) is 11.8 Å². The third-order valence-electron chi connectivity index (χ3n) is 3.48. The van der Waals surface area contributed by atoms with E-state index < -0.39 is 24.4 Å². The molecule has 0 aliphatic carbocycles. The van der Waals surface area contributed by atoms with E-state index in [4.69, 9.17) is 10.5 Å². The highest BCUT2D eigenvalue weighted by atomic mass is 32.2. The number of amides is 2. The molecule has 0 aliphatic rings. The van der Waals surface area contributed by atoms with Crippen LogP contribution in [0.2, 0.25) is 0 Å². The standard InChI is InChI=1S/C19H21N3O4S/c1-22(2)14-9-7-13(8-10-14)19(25)26-11-18(24)21-15-5-3-4-6-16(15)27-12-17(20)23/h3-10H,11-12H2,1-2H3,(H2,20,23)(H,21,24). The molecular weight excluding hydrogens is 366 g/mol. The van der Waals surface area contributed by atoms with Crippen molar-refractivity contribution in [3.63, 3.8) is 0 Å². The highest BCUT2D eigenvalue weighted by Gasteiger charge is 2.12. The van der Waals surface area contributed by atoms with Crippen LogP contribution in [0.4, 0.5) is 11.4 Å². The molecule has 0 aromatic heterocycles. The maximum absolute atomic E-state index is 12.1. The predicted molar refractivity (Wildman–Crippen MR) is 106 cm³/mol. The maximum Gasteiger partial charge on any atom is 0.338 e. The number of primary amides is 1. The van der Waals surface area contributed by atoms with E-state index in [-0.39, 0.29) is 5.75 Å². The zero-order valence-electron chi connectivity index (χ0n) is 15.1. The fourth-order valence-electron chi connectivity index (χ4n) is 2.14. The van der Waals surface area contributed by atoms with Crippen LogP contribution >= 0.6 is 11.8 Å². The fraction of sp³-hybridized carbons (Fsp3) is 0.211. The number of benzene rings is 2. The molecule has 2 rings (SSSR count). The van der Waals surface area contributed by atoms with Gasteiger partial charge in [-0.15, -0.1) is 11.8 Å². The monoisotopic (exact) mass is 387 g/mol. The molecule has 0 radical (unpaired) electrons. The zero-order valence-corrected chi connectivity index (χ0v) is 15.9. The van der Waals surface area contributed by atoms with Crippen molar-refractivity contribution in [2.75, 3.05) is 36.7 Å². The predicted octanol–water partition coefficient (Wildman–Crippen LogP) is 2.13. The van der Waals surface area contributed by atoms with E-state index >= 15 is 0 Å². The van der Waals surface area contributed by atoms with Crippen LogP contribution in [0.1, 0.15) is 10.4 Å². The first-order chi connectivity index (χ1) is 12.9. The van der Waals surface area contributed by atoms with Crippen LogP contribution in [0.5, 0.6) is 0 Å². The number of hydrogen-bond donors (Lipinski definition) is 2. The Morgan fingerprint density at radius 2 is 1.74 bits per heavy atom. The van der Waals surface area contributed by atoms with Gasteiger partial charge in [0.15, 0.2) is 6.61 Å². The van der Waals surface area contributed by atoms with Gasteiger partial charge in [-0.05, 0) is 36.4 Å². The molecule has 0 spiro atoms. The summed E-state index contributed by atoms with van der Waals surface area (Å²) in [6, 6.07) is 13.9. The van der Waals surface area contributed by atoms with Gasteiger partial charge >= 0.3 is 5.97 Å². The zero-order chi connectivity index (χ0) is 19.8. The number of nitrogens with zero attached hydrogens (tertiary/aromatic N) is 1. The quantitative estimate of drug-likeness (QED) is 0.531. The minimum atomic E-state index is -0.577. The molecule has 0 heterocycles. The van der Waals surface area contributed by atoms with Gasteiger partial charge in [0.1, 0.15) is 0 Å². The summed E-state index contributed by atoms with van der Waals surface area (Å²) in [5.74, 6) is -1.40. The summed E-state index contributed by atoms with van der Waals surface area (Å²) in [6.45, 7) is -0.414. The Bertz CT molecular complexity index is 822. The van der Waals surface area contributed by atoms with Crippen molar-refractivity contribution >= 4 is 40.9 Å². The van der Waals surface area contributed by atoms with Gasteiger partial charge in [-0.1, -0.05) is 12.1 Å². The number of carbonyl (C=O) groups is 3. The van der Waals surface area contributed by atoms with Crippen molar-refractivity contribution in [2.45, 2.75) is 4.90 Å². The van der Waals surface area contributed by atoms with Gasteiger partial charge < -0.3 is 20.7 Å². The van der Waals surface area contributed by atoms with Gasteiger partial charge in [-0.25, -0.2) is 4.79 Å². The molecule has 7 nitrogen and oxygen atoms in total. The van der Waals surface area contributed by atoms with Crippen molar-refractivity contribution < 1.29 is 19.1 Å². The van der Waals surface area contributed by atoms with Gasteiger partial charge in [0.05, 0.1) is 17.0 Å². The highest BCUT2D eigenvalue weighted by molar-refractivity contribution is 8.00. The molecule has 0 aliphatic heterocycles. The number of ether oxygens (including phenoxy) is 1. The van der Waals surface area contributed by atoms with Crippen LogP contribution in [-0.2, 0) is 14.3 Å². The Balaban J connectivity index is 1.90. The number of carbonyl (C=O) groups excluding carboxylic acids is 3. The molecule has 0 atom stereocenters. The average Bonchev–Trinajstić information content (AvgIpc) is 2.65. The lowest BCUT2D eigenvalue weighted by molar-refractivity contribution is -0.119. The lowest BCUT2D eigenvalue weighted by Gasteiger charge is -2.13. The van der Waals surface area contributed by atoms with Crippen LogP contribution < -0.4 is 16.0 Å². The van der Waals surface area contributed by atoms with E-state index in [1.54, 1.807) is 48.5 Å². The number of para-hydroxylation sites is 1. The normalized spacial score (nSPS) is 10.1. The summed E-state index contributed by atoms with van der Waals surface area (Å²) < 4.78 is 5.06. The van der Waals surface area contributed by atoms with E-state index in [0.29, 0.717) is 16.1 Å². The summed E-state index contributed by atoms with van der Waals surface area (Å²) in [5, 5.41) is 2.67. The van der Waals surface area contributed by atoms with Crippen molar-refractivity contribution in [3.8, 4) is 0 Å². The SMILES string of the molecule is CN(C)c1ccc(C(=O)OCC(=O)Nc2ccccc2SCC(N)=O)cc1. The molecule has 0 saturated carbocycles. The first kappa shape index (κ1) is 20.3. The number of nitrogens with two attached hydrogens (primary N) is 1. The number of nitrogens with one attached hydrogen (secondary N) is 1. The Labute approximate surface area is 161 Å². The second-order valence-electron chi connectivity index (χ2n) is 5.82. The van der Waals surface area contributed by atoms with Crippen LogP contribution in [0, 0.1) is 0 Å². The number of rotatable bonds is 8. The van der Waals surface area contributed by atoms with Crippen LogP contribution in [-0.4, -0.2) is 44.2 Å². The first-order valence-electron chi connectivity index (χ1n) is 8.11. The molecule has 0 saturated heterocycles. The molecule has 2 aromatic carbocycles. The number of esters is 1. The van der Waals surface area contributed by atoms with Gasteiger partial charge in [0.25, 0.3) is 5.91 Å². The average molecular weight is 387 g/mol. The van der Waals surface area contributed by atoms with Crippen molar-refractivity contribution in [3.05, 3.63) is 54.1 Å². The van der Waals surface area contributed by atoms with E-state index in [1.807, 2.05) is 19.0 Å². The second kappa shape index (κ2) is 9.63. The van der Waals surface area contributed by atoms with Crippen LogP contribution in [0.3, 0.4) is 0 Å². The number of thioether (sulfide) groups is 1. The van der Waals surface area contributed by atoms with Crippen LogP contribution in [0.15, 0.2) is 53.4 Å². The van der Waals surface area contributed by atoms with Gasteiger partial charge in [0, 0.05) is 24.7 Å². The third kappa shape index (κ3) is 6.34. The lowest BCUT2D eigenvalue weighted by atomic mass is 10.2. The van der Waals surface area contributed by atoms with E-state index in [2.05, 4.69) is 5.32 Å². The Kier molecular flexibility index (Phi) is 7.25. The summed E-state index contributed by atoms with van der Waals surface area (Å²) in [4.78, 5) is 37.7.